The van der Waals surface area contributed by atoms with Gasteiger partial charge in [0.05, 0.1) is 11.8 Å². The van der Waals surface area contributed by atoms with Crippen LogP contribution in [0, 0.1) is 11.8 Å². The molecule has 1 saturated heterocycles. The van der Waals surface area contributed by atoms with Crippen molar-refractivity contribution in [3.05, 3.63) is 71.8 Å². The van der Waals surface area contributed by atoms with Gasteiger partial charge in [-0.3, -0.25) is 9.59 Å². The normalized spacial score (nSPS) is 32.4. The predicted molar refractivity (Wildman–Crippen MR) is 111 cm³/mol. The molecule has 6 atom stereocenters. The molecule has 3 fully saturated rings. The Morgan fingerprint density at radius 1 is 0.690 bits per heavy atom. The Kier molecular flexibility index (Phi) is 4.84. The lowest BCUT2D eigenvalue weighted by Crippen LogP contribution is -2.43. The zero-order chi connectivity index (χ0) is 19.8. The third-order valence-corrected chi connectivity index (χ3v) is 6.58. The van der Waals surface area contributed by atoms with E-state index >= 15 is 0 Å². The van der Waals surface area contributed by atoms with E-state index < -0.39 is 0 Å². The molecule has 5 heteroatoms. The van der Waals surface area contributed by atoms with Crippen molar-refractivity contribution in [2.45, 2.75) is 36.8 Å². The highest BCUT2D eigenvalue weighted by molar-refractivity contribution is 5.89. The highest BCUT2D eigenvalue weighted by Crippen LogP contribution is 2.42. The summed E-state index contributed by atoms with van der Waals surface area (Å²) in [4.78, 5) is 25.7. The molecular weight excluding hydrogens is 362 g/mol. The number of amides is 2. The van der Waals surface area contributed by atoms with E-state index in [0.29, 0.717) is 24.9 Å². The molecule has 0 radical (unpaired) electrons. The first-order chi connectivity index (χ1) is 14.2. The molecule has 0 spiro atoms. The summed E-state index contributed by atoms with van der Waals surface area (Å²) in [7, 11) is 0. The molecule has 0 aromatic heterocycles. The Hall–Kier alpha value is -2.66. The SMILES string of the molecule is O=C(N[C@H]1C[C@@H]1c1ccccc1)[C@H]1CNC[C@@H]1C(=O)N[C@H]1C[C@@H]1c1ccccc1. The molecule has 3 N–H and O–H groups in total. The lowest BCUT2D eigenvalue weighted by atomic mass is 9.94. The van der Waals surface area contributed by atoms with E-state index in [1.165, 1.54) is 11.1 Å². The van der Waals surface area contributed by atoms with Gasteiger partial charge in [-0.2, -0.15) is 0 Å². The Morgan fingerprint density at radius 3 is 1.52 bits per heavy atom. The van der Waals surface area contributed by atoms with Crippen molar-refractivity contribution in [1.82, 2.24) is 16.0 Å². The zero-order valence-corrected chi connectivity index (χ0v) is 16.4. The van der Waals surface area contributed by atoms with Crippen LogP contribution in [0.2, 0.25) is 0 Å². The van der Waals surface area contributed by atoms with Crippen molar-refractivity contribution in [2.75, 3.05) is 13.1 Å². The summed E-state index contributed by atoms with van der Waals surface area (Å²) in [5.41, 5.74) is 2.55. The Morgan fingerprint density at radius 2 is 1.10 bits per heavy atom. The molecule has 0 unspecified atom stereocenters. The minimum Gasteiger partial charge on any atom is -0.352 e. The third-order valence-electron chi connectivity index (χ3n) is 6.58. The molecule has 2 amide bonds. The van der Waals surface area contributed by atoms with Crippen LogP contribution in [-0.2, 0) is 9.59 Å². The predicted octanol–water partition coefficient (Wildman–Crippen LogP) is 2.17. The number of hydrogen-bond acceptors (Lipinski definition) is 3. The second-order valence-electron chi connectivity index (χ2n) is 8.61. The number of nitrogens with one attached hydrogen (secondary N) is 3. The Bertz CT molecular complexity index is 812. The van der Waals surface area contributed by atoms with E-state index in [1.54, 1.807) is 0 Å². The number of carbonyl (C=O) groups is 2. The van der Waals surface area contributed by atoms with Gasteiger partial charge in [0.15, 0.2) is 0 Å². The maximum Gasteiger partial charge on any atom is 0.225 e. The van der Waals surface area contributed by atoms with Crippen molar-refractivity contribution in [1.29, 1.82) is 0 Å². The molecule has 5 nitrogen and oxygen atoms in total. The summed E-state index contributed by atoms with van der Waals surface area (Å²) in [5, 5.41) is 9.58. The first-order valence-corrected chi connectivity index (χ1v) is 10.6. The highest BCUT2D eigenvalue weighted by atomic mass is 16.2. The van der Waals surface area contributed by atoms with Crippen molar-refractivity contribution >= 4 is 11.8 Å². The molecule has 3 aliphatic rings. The summed E-state index contributed by atoms with van der Waals surface area (Å²) in [5.74, 6) is 0.240. The smallest absolute Gasteiger partial charge is 0.225 e. The molecule has 0 bridgehead atoms. The minimum atomic E-state index is -0.291. The molecule has 2 aromatic rings. The van der Waals surface area contributed by atoms with Crippen molar-refractivity contribution in [2.24, 2.45) is 11.8 Å². The van der Waals surface area contributed by atoms with Crippen LogP contribution in [0.15, 0.2) is 60.7 Å². The highest BCUT2D eigenvalue weighted by Gasteiger charge is 2.46. The van der Waals surface area contributed by atoms with Crippen molar-refractivity contribution in [3.8, 4) is 0 Å². The molecule has 150 valence electrons. The fraction of sp³-hybridized carbons (Fsp3) is 0.417. The van der Waals surface area contributed by atoms with E-state index in [-0.39, 0.29) is 35.7 Å². The fourth-order valence-corrected chi connectivity index (χ4v) is 4.66. The van der Waals surface area contributed by atoms with Crippen molar-refractivity contribution in [3.63, 3.8) is 0 Å². The zero-order valence-electron chi connectivity index (χ0n) is 16.4. The third kappa shape index (κ3) is 3.92. The largest absolute Gasteiger partial charge is 0.352 e. The Labute approximate surface area is 171 Å². The van der Waals surface area contributed by atoms with Crippen LogP contribution in [0.3, 0.4) is 0 Å². The van der Waals surface area contributed by atoms with E-state index in [9.17, 15) is 9.59 Å². The molecular formula is C24H27N3O2. The molecule has 29 heavy (non-hydrogen) atoms. The second-order valence-corrected chi connectivity index (χ2v) is 8.61. The van der Waals surface area contributed by atoms with Crippen LogP contribution in [0.1, 0.15) is 35.8 Å². The van der Waals surface area contributed by atoms with Crippen LogP contribution in [0.5, 0.6) is 0 Å². The van der Waals surface area contributed by atoms with Gasteiger partial charge >= 0.3 is 0 Å². The van der Waals surface area contributed by atoms with Crippen LogP contribution in [0.25, 0.3) is 0 Å². The maximum absolute atomic E-state index is 12.8. The lowest BCUT2D eigenvalue weighted by Gasteiger charge is -2.18. The first-order valence-electron chi connectivity index (χ1n) is 10.6. The van der Waals surface area contributed by atoms with Gasteiger partial charge in [0, 0.05) is 37.0 Å². The number of hydrogen-bond donors (Lipinski definition) is 3. The minimum absolute atomic E-state index is 0.00832. The molecule has 1 heterocycles. The van der Waals surface area contributed by atoms with Gasteiger partial charge in [-0.05, 0) is 24.0 Å². The quantitative estimate of drug-likeness (QED) is 0.709. The maximum atomic E-state index is 12.8. The van der Waals surface area contributed by atoms with Gasteiger partial charge in [0.25, 0.3) is 0 Å². The number of carbonyl (C=O) groups excluding carboxylic acids is 2. The van der Waals surface area contributed by atoms with Crippen molar-refractivity contribution < 1.29 is 9.59 Å². The average Bonchev–Trinajstić information content (AvgIpc) is 3.65. The molecule has 2 saturated carbocycles. The van der Waals surface area contributed by atoms with Crippen LogP contribution >= 0.6 is 0 Å². The first kappa shape index (κ1) is 18.4. The molecule has 2 aromatic carbocycles. The number of benzene rings is 2. The van der Waals surface area contributed by atoms with Gasteiger partial charge in [-0.15, -0.1) is 0 Å². The lowest BCUT2D eigenvalue weighted by molar-refractivity contribution is -0.133. The summed E-state index contributed by atoms with van der Waals surface area (Å²) in [6.07, 6.45) is 1.96. The number of rotatable bonds is 6. The summed E-state index contributed by atoms with van der Waals surface area (Å²) >= 11 is 0. The van der Waals surface area contributed by atoms with E-state index in [0.717, 1.165) is 12.8 Å². The average molecular weight is 389 g/mol. The van der Waals surface area contributed by atoms with Gasteiger partial charge in [0.1, 0.15) is 0 Å². The van der Waals surface area contributed by atoms with Crippen LogP contribution in [0.4, 0.5) is 0 Å². The van der Waals surface area contributed by atoms with Gasteiger partial charge in [-0.25, -0.2) is 0 Å². The monoisotopic (exact) mass is 389 g/mol. The summed E-state index contributed by atoms with van der Waals surface area (Å²) < 4.78 is 0. The van der Waals surface area contributed by atoms with Gasteiger partial charge < -0.3 is 16.0 Å². The Balaban J connectivity index is 1.14. The van der Waals surface area contributed by atoms with Crippen LogP contribution in [-0.4, -0.2) is 37.0 Å². The standard InChI is InChI=1S/C24H27N3O2/c28-23(26-21-11-17(21)15-7-3-1-4-8-15)19-13-25-14-20(19)24(29)27-22-12-18(22)16-9-5-2-6-10-16/h1-10,17-22,25H,11-14H2,(H,26,28)(H,27,29)/t17-,18-,19+,20+,21+,22+/m1/s1. The molecule has 2 aliphatic carbocycles. The summed E-state index contributed by atoms with van der Waals surface area (Å²) in [6.45, 7) is 1.14. The molecule has 5 rings (SSSR count). The van der Waals surface area contributed by atoms with Crippen LogP contribution < -0.4 is 16.0 Å². The fourth-order valence-electron chi connectivity index (χ4n) is 4.66. The second kappa shape index (κ2) is 7.64. The van der Waals surface area contributed by atoms with Gasteiger partial charge in [0.2, 0.25) is 11.8 Å². The topological polar surface area (TPSA) is 70.2 Å². The van der Waals surface area contributed by atoms with E-state index in [4.69, 9.17) is 0 Å². The summed E-state index contributed by atoms with van der Waals surface area (Å²) in [6, 6.07) is 21.0. The van der Waals surface area contributed by atoms with E-state index in [2.05, 4.69) is 40.2 Å². The van der Waals surface area contributed by atoms with E-state index in [1.807, 2.05) is 36.4 Å². The molecule has 1 aliphatic heterocycles. The van der Waals surface area contributed by atoms with Gasteiger partial charge in [-0.1, -0.05) is 60.7 Å².